The average molecular weight is 429 g/mol. The highest BCUT2D eigenvalue weighted by Gasteiger charge is 2.30. The molecule has 158 valence electrons. The molecule has 1 atom stereocenters. The summed E-state index contributed by atoms with van der Waals surface area (Å²) in [6.45, 7) is 5.11. The van der Waals surface area contributed by atoms with Crippen LogP contribution in [0.1, 0.15) is 25.3 Å². The summed E-state index contributed by atoms with van der Waals surface area (Å²) in [6, 6.07) is 16.2. The number of sulfonamides is 1. The Morgan fingerprint density at radius 2 is 1.67 bits per heavy atom. The predicted octanol–water partition coefficient (Wildman–Crippen LogP) is 3.70. The summed E-state index contributed by atoms with van der Waals surface area (Å²) in [5.41, 5.74) is 1.30. The summed E-state index contributed by atoms with van der Waals surface area (Å²) in [4.78, 5) is 17.1. The fraction of sp³-hybridized carbons (Fsp3) is 0.273. The van der Waals surface area contributed by atoms with E-state index in [2.05, 4.69) is 9.71 Å². The van der Waals surface area contributed by atoms with Gasteiger partial charge >= 0.3 is 5.97 Å². The van der Waals surface area contributed by atoms with Crippen LogP contribution in [0.15, 0.2) is 70.0 Å². The van der Waals surface area contributed by atoms with Crippen LogP contribution in [0.5, 0.6) is 0 Å². The lowest BCUT2D eigenvalue weighted by Gasteiger charge is -2.20. The lowest BCUT2D eigenvalue weighted by atomic mass is 10.1. The van der Waals surface area contributed by atoms with Crippen LogP contribution in [-0.4, -0.2) is 25.4 Å². The van der Waals surface area contributed by atoms with Gasteiger partial charge in [-0.15, -0.1) is 0 Å². The molecule has 0 amide bonds. The zero-order chi connectivity index (χ0) is 21.7. The van der Waals surface area contributed by atoms with Crippen LogP contribution >= 0.6 is 0 Å². The normalized spacial score (nSPS) is 12.7. The molecular formula is C22H24N2O5S. The first kappa shape index (κ1) is 21.7. The first-order valence-electron chi connectivity index (χ1n) is 9.53. The Hall–Kier alpha value is -2.97. The van der Waals surface area contributed by atoms with E-state index in [0.29, 0.717) is 17.3 Å². The van der Waals surface area contributed by atoms with Gasteiger partial charge in [0, 0.05) is 5.56 Å². The number of hydrogen-bond acceptors (Lipinski definition) is 6. The van der Waals surface area contributed by atoms with E-state index >= 15 is 0 Å². The van der Waals surface area contributed by atoms with Crippen molar-refractivity contribution in [2.75, 3.05) is 0 Å². The minimum absolute atomic E-state index is 0.0864. The molecule has 0 unspecified atom stereocenters. The zero-order valence-electron chi connectivity index (χ0n) is 17.0. The van der Waals surface area contributed by atoms with E-state index < -0.39 is 22.0 Å². The van der Waals surface area contributed by atoms with Crippen LogP contribution in [0.2, 0.25) is 0 Å². The van der Waals surface area contributed by atoms with Gasteiger partial charge in [0.05, 0.1) is 4.90 Å². The number of aromatic nitrogens is 1. The lowest BCUT2D eigenvalue weighted by molar-refractivity contribution is -0.148. The Labute approximate surface area is 176 Å². The smallest absolute Gasteiger partial charge is 0.324 e. The third-order valence-corrected chi connectivity index (χ3v) is 5.98. The molecule has 30 heavy (non-hydrogen) atoms. The monoisotopic (exact) mass is 428 g/mol. The van der Waals surface area contributed by atoms with E-state index in [1.54, 1.807) is 39.0 Å². The fourth-order valence-electron chi connectivity index (χ4n) is 2.79. The number of aryl methyl sites for hydroxylation is 1. The molecule has 3 aromatic rings. The van der Waals surface area contributed by atoms with Gasteiger partial charge in [0.2, 0.25) is 15.9 Å². The van der Waals surface area contributed by atoms with Gasteiger partial charge in [0.1, 0.15) is 24.1 Å². The molecule has 7 nitrogen and oxygen atoms in total. The fourth-order valence-corrected chi connectivity index (χ4v) is 4.14. The Kier molecular flexibility index (Phi) is 6.69. The molecule has 8 heteroatoms. The number of carbonyl (C=O) groups is 1. The van der Waals surface area contributed by atoms with Crippen molar-refractivity contribution in [2.45, 2.75) is 38.3 Å². The summed E-state index contributed by atoms with van der Waals surface area (Å²) in [5.74, 6) is -0.0144. The summed E-state index contributed by atoms with van der Waals surface area (Å²) in [6.07, 6.45) is 0. The maximum atomic E-state index is 12.6. The molecule has 0 aliphatic heterocycles. The van der Waals surface area contributed by atoms with E-state index in [4.69, 9.17) is 9.15 Å². The van der Waals surface area contributed by atoms with Gasteiger partial charge < -0.3 is 9.15 Å². The van der Waals surface area contributed by atoms with Gasteiger partial charge in [-0.2, -0.15) is 4.72 Å². The second-order valence-corrected chi connectivity index (χ2v) is 8.87. The number of ether oxygens (including phenoxy) is 1. The van der Waals surface area contributed by atoms with Gasteiger partial charge in [-0.3, -0.25) is 4.79 Å². The Bertz CT molecular complexity index is 1090. The second-order valence-electron chi connectivity index (χ2n) is 7.15. The Morgan fingerprint density at radius 3 is 2.27 bits per heavy atom. The summed E-state index contributed by atoms with van der Waals surface area (Å²) >= 11 is 0. The number of rotatable bonds is 8. The van der Waals surface area contributed by atoms with E-state index in [1.165, 1.54) is 12.1 Å². The molecule has 1 heterocycles. The molecule has 0 radical (unpaired) electrons. The summed E-state index contributed by atoms with van der Waals surface area (Å²) < 4.78 is 38.7. The van der Waals surface area contributed by atoms with E-state index in [9.17, 15) is 13.2 Å². The second kappa shape index (κ2) is 9.23. The minimum atomic E-state index is -3.86. The van der Waals surface area contributed by atoms with Crippen molar-refractivity contribution in [1.29, 1.82) is 0 Å². The van der Waals surface area contributed by atoms with Crippen molar-refractivity contribution in [1.82, 2.24) is 9.71 Å². The molecule has 0 aliphatic carbocycles. The molecule has 0 fully saturated rings. The van der Waals surface area contributed by atoms with Crippen molar-refractivity contribution in [3.8, 4) is 11.5 Å². The van der Waals surface area contributed by atoms with Crippen molar-refractivity contribution < 1.29 is 22.4 Å². The molecule has 0 bridgehead atoms. The Morgan fingerprint density at radius 1 is 1.07 bits per heavy atom. The molecule has 0 aliphatic rings. The highest BCUT2D eigenvalue weighted by atomic mass is 32.2. The van der Waals surface area contributed by atoms with Crippen LogP contribution in [0, 0.1) is 12.8 Å². The van der Waals surface area contributed by atoms with Gasteiger partial charge in [-0.05, 0) is 37.1 Å². The lowest BCUT2D eigenvalue weighted by Crippen LogP contribution is -2.45. The predicted molar refractivity (Wildman–Crippen MR) is 112 cm³/mol. The van der Waals surface area contributed by atoms with Crippen LogP contribution in [0.25, 0.3) is 11.5 Å². The van der Waals surface area contributed by atoms with Crippen molar-refractivity contribution in [2.24, 2.45) is 5.92 Å². The van der Waals surface area contributed by atoms with Crippen molar-refractivity contribution in [3.05, 3.63) is 72.1 Å². The number of hydrogen-bond donors (Lipinski definition) is 1. The van der Waals surface area contributed by atoms with Gasteiger partial charge in [0.15, 0.2) is 0 Å². The number of benzene rings is 2. The molecule has 1 aromatic heterocycles. The zero-order valence-corrected chi connectivity index (χ0v) is 17.8. The highest BCUT2D eigenvalue weighted by molar-refractivity contribution is 7.89. The van der Waals surface area contributed by atoms with Gasteiger partial charge in [0.25, 0.3) is 0 Å². The molecule has 3 rings (SSSR count). The first-order valence-corrected chi connectivity index (χ1v) is 11.0. The van der Waals surface area contributed by atoms with Gasteiger partial charge in [-0.25, -0.2) is 13.4 Å². The van der Waals surface area contributed by atoms with Crippen LogP contribution < -0.4 is 4.72 Å². The van der Waals surface area contributed by atoms with E-state index in [1.807, 2.05) is 30.3 Å². The van der Waals surface area contributed by atoms with Crippen molar-refractivity contribution in [3.63, 3.8) is 0 Å². The average Bonchev–Trinajstić information content (AvgIpc) is 3.12. The molecule has 1 N–H and O–H groups in total. The topological polar surface area (TPSA) is 98.5 Å². The molecular weight excluding hydrogens is 404 g/mol. The maximum Gasteiger partial charge on any atom is 0.324 e. The standard InChI is InChI=1S/C22H24N2O5S/c1-15(2)20(24-30(26,27)18-12-8-5-9-13-18)22(25)28-14-19-16(3)29-21(23-19)17-10-6-4-7-11-17/h4-13,15,20,24H,14H2,1-3H3/t20-/m0/s1. The van der Waals surface area contributed by atoms with Crippen LogP contribution in [-0.2, 0) is 26.2 Å². The quantitative estimate of drug-likeness (QED) is 0.550. The third-order valence-electron chi connectivity index (χ3n) is 4.52. The number of oxazole rings is 1. The number of nitrogens with one attached hydrogen (secondary N) is 1. The molecule has 2 aromatic carbocycles. The molecule has 0 spiro atoms. The minimum Gasteiger partial charge on any atom is -0.458 e. The largest absolute Gasteiger partial charge is 0.458 e. The molecule has 0 saturated carbocycles. The van der Waals surface area contributed by atoms with E-state index in [0.717, 1.165) is 5.56 Å². The third kappa shape index (κ3) is 5.14. The Balaban J connectivity index is 1.70. The van der Waals surface area contributed by atoms with Crippen molar-refractivity contribution >= 4 is 16.0 Å². The maximum absolute atomic E-state index is 12.6. The first-order chi connectivity index (χ1) is 14.3. The van der Waals surface area contributed by atoms with Gasteiger partial charge in [-0.1, -0.05) is 50.2 Å². The SMILES string of the molecule is Cc1oc(-c2ccccc2)nc1COC(=O)[C@@H](NS(=O)(=O)c1ccccc1)C(C)C. The summed E-state index contributed by atoms with van der Waals surface area (Å²) in [5, 5.41) is 0. The van der Waals surface area contributed by atoms with E-state index in [-0.39, 0.29) is 17.4 Å². The van der Waals surface area contributed by atoms with Crippen LogP contribution in [0.4, 0.5) is 0 Å². The summed E-state index contributed by atoms with van der Waals surface area (Å²) in [7, 11) is -3.86. The number of carbonyl (C=O) groups excluding carboxylic acids is 1. The highest BCUT2D eigenvalue weighted by Crippen LogP contribution is 2.22. The number of nitrogens with zero attached hydrogens (tertiary/aromatic N) is 1. The molecule has 0 saturated heterocycles. The number of esters is 1. The van der Waals surface area contributed by atoms with Crippen LogP contribution in [0.3, 0.4) is 0 Å².